The fourth-order valence-electron chi connectivity index (χ4n) is 3.88. The first-order valence-electron chi connectivity index (χ1n) is 7.90. The maximum atomic E-state index is 2.51. The molecule has 0 aromatic carbocycles. The molecule has 0 bridgehead atoms. The number of hydrogen-bond acceptors (Lipinski definition) is 0. The fraction of sp³-hybridized carbons (Fsp3) is 1.00. The summed E-state index contributed by atoms with van der Waals surface area (Å²) in [5.74, 6) is 3.72. The van der Waals surface area contributed by atoms with Gasteiger partial charge in [-0.15, -0.1) is 0 Å². The summed E-state index contributed by atoms with van der Waals surface area (Å²) in [6.45, 7) is 26.7. The fourth-order valence-corrected chi connectivity index (χ4v) is 3.88. The van der Waals surface area contributed by atoms with Gasteiger partial charge in [-0.3, -0.25) is 0 Å². The summed E-state index contributed by atoms with van der Waals surface area (Å²) in [7, 11) is 0. The van der Waals surface area contributed by atoms with E-state index in [0.717, 1.165) is 17.8 Å². The Hall–Kier alpha value is 0. The third kappa shape index (κ3) is 2.94. The molecule has 0 N–H and O–H groups in total. The second-order valence-corrected chi connectivity index (χ2v) is 8.21. The van der Waals surface area contributed by atoms with E-state index < -0.39 is 0 Å². The maximum absolute atomic E-state index is 2.51. The normalized spacial score (nSPS) is 17.7. The van der Waals surface area contributed by atoms with Crippen molar-refractivity contribution in [3.63, 3.8) is 0 Å². The highest BCUT2D eigenvalue weighted by molar-refractivity contribution is 4.97. The van der Waals surface area contributed by atoms with E-state index in [1.54, 1.807) is 0 Å². The van der Waals surface area contributed by atoms with Crippen molar-refractivity contribution in [2.45, 2.75) is 76.2 Å². The summed E-state index contributed by atoms with van der Waals surface area (Å²) >= 11 is 0. The molecule has 0 aromatic heterocycles. The van der Waals surface area contributed by atoms with E-state index in [1.165, 1.54) is 0 Å². The second kappa shape index (κ2) is 5.97. The highest BCUT2D eigenvalue weighted by atomic mass is 14.5. The van der Waals surface area contributed by atoms with E-state index in [0.29, 0.717) is 22.7 Å². The summed E-state index contributed by atoms with van der Waals surface area (Å²) in [6, 6.07) is 0. The van der Waals surface area contributed by atoms with Crippen LogP contribution in [0, 0.1) is 40.4 Å². The number of hydrogen-bond donors (Lipinski definition) is 0. The van der Waals surface area contributed by atoms with Gasteiger partial charge >= 0.3 is 0 Å². The molecule has 0 amide bonds. The van der Waals surface area contributed by atoms with Crippen LogP contribution in [0.1, 0.15) is 76.2 Å². The largest absolute Gasteiger partial charge is 0.0625 e. The van der Waals surface area contributed by atoms with E-state index in [9.17, 15) is 0 Å². The van der Waals surface area contributed by atoms with Gasteiger partial charge in [0.1, 0.15) is 0 Å². The molecule has 0 saturated heterocycles. The molecule has 18 heavy (non-hydrogen) atoms. The first kappa shape index (κ1) is 18.0. The van der Waals surface area contributed by atoms with Crippen LogP contribution >= 0.6 is 0 Å². The maximum Gasteiger partial charge on any atom is -0.0226 e. The molecule has 0 nitrogen and oxygen atoms in total. The number of rotatable bonds is 6. The van der Waals surface area contributed by atoms with E-state index >= 15 is 0 Å². The van der Waals surface area contributed by atoms with Crippen molar-refractivity contribution < 1.29 is 0 Å². The Morgan fingerprint density at radius 2 is 0.944 bits per heavy atom. The Balaban J connectivity index is 5.44. The average molecular weight is 255 g/mol. The zero-order chi connectivity index (χ0) is 14.9. The van der Waals surface area contributed by atoms with E-state index in [4.69, 9.17) is 0 Å². The quantitative estimate of drug-likeness (QED) is 0.525. The molecule has 0 spiro atoms. The molecule has 0 aliphatic heterocycles. The zero-order valence-corrected chi connectivity index (χ0v) is 14.9. The molecule has 0 saturated carbocycles. The minimum atomic E-state index is 0.360. The van der Waals surface area contributed by atoms with Gasteiger partial charge in [-0.05, 0) is 40.4 Å². The predicted octanol–water partition coefficient (Wildman–Crippen LogP) is 6.26. The summed E-state index contributed by atoms with van der Waals surface area (Å²) in [5, 5.41) is 0. The zero-order valence-electron chi connectivity index (χ0n) is 14.9. The van der Waals surface area contributed by atoms with Gasteiger partial charge in [0.15, 0.2) is 0 Å². The average Bonchev–Trinajstić information content (AvgIpc) is 2.24. The molecule has 110 valence electrons. The van der Waals surface area contributed by atoms with Crippen molar-refractivity contribution in [2.24, 2.45) is 40.4 Å². The molecule has 0 aliphatic rings. The SMILES string of the molecule is CC(C)C(C)C(C)C(C)(C)C(C)(C(C)C)C(C)C. The lowest BCUT2D eigenvalue weighted by atomic mass is 9.50. The molecule has 2 unspecified atom stereocenters. The van der Waals surface area contributed by atoms with Gasteiger partial charge in [0.2, 0.25) is 0 Å². The van der Waals surface area contributed by atoms with Crippen LogP contribution in [0.15, 0.2) is 0 Å². The van der Waals surface area contributed by atoms with Crippen LogP contribution in [-0.2, 0) is 0 Å². The van der Waals surface area contributed by atoms with Crippen molar-refractivity contribution in [3.05, 3.63) is 0 Å². The standard InChI is InChI=1S/C18H38/c1-12(2)15(7)16(8)17(9,10)18(11,13(3)4)14(5)6/h12-16H,1-11H3. The monoisotopic (exact) mass is 254 g/mol. The molecule has 0 fully saturated rings. The molecular weight excluding hydrogens is 216 g/mol. The van der Waals surface area contributed by atoms with Crippen LogP contribution < -0.4 is 0 Å². The van der Waals surface area contributed by atoms with Crippen molar-refractivity contribution in [3.8, 4) is 0 Å². The molecule has 0 heterocycles. The molecule has 0 aromatic rings. The third-order valence-electron chi connectivity index (χ3n) is 6.77. The smallest absolute Gasteiger partial charge is 0.0226 e. The van der Waals surface area contributed by atoms with Gasteiger partial charge in [-0.1, -0.05) is 76.2 Å². The molecule has 2 atom stereocenters. The summed E-state index contributed by atoms with van der Waals surface area (Å²) < 4.78 is 0. The summed E-state index contributed by atoms with van der Waals surface area (Å²) in [4.78, 5) is 0. The predicted molar refractivity (Wildman–Crippen MR) is 84.7 cm³/mol. The highest BCUT2D eigenvalue weighted by Gasteiger charge is 2.49. The lowest BCUT2D eigenvalue weighted by molar-refractivity contribution is -0.0695. The second-order valence-electron chi connectivity index (χ2n) is 8.21. The Bertz CT molecular complexity index is 237. The molecule has 0 radical (unpaired) electrons. The lowest BCUT2D eigenvalue weighted by Gasteiger charge is -2.55. The Morgan fingerprint density at radius 3 is 1.17 bits per heavy atom. The van der Waals surface area contributed by atoms with Crippen molar-refractivity contribution in [1.82, 2.24) is 0 Å². The third-order valence-corrected chi connectivity index (χ3v) is 6.77. The Kier molecular flexibility index (Phi) is 5.97. The summed E-state index contributed by atoms with van der Waals surface area (Å²) in [5.41, 5.74) is 0.745. The van der Waals surface area contributed by atoms with Crippen LogP contribution in [0.3, 0.4) is 0 Å². The van der Waals surface area contributed by atoms with Crippen LogP contribution in [0.2, 0.25) is 0 Å². The van der Waals surface area contributed by atoms with E-state index in [1.807, 2.05) is 0 Å². The highest BCUT2D eigenvalue weighted by Crippen LogP contribution is 2.56. The minimum Gasteiger partial charge on any atom is -0.0625 e. The lowest BCUT2D eigenvalue weighted by Crippen LogP contribution is -2.49. The van der Waals surface area contributed by atoms with Crippen molar-refractivity contribution in [2.75, 3.05) is 0 Å². The molecule has 0 aliphatic carbocycles. The summed E-state index contributed by atoms with van der Waals surface area (Å²) in [6.07, 6.45) is 0. The van der Waals surface area contributed by atoms with Crippen LogP contribution in [0.4, 0.5) is 0 Å². The van der Waals surface area contributed by atoms with E-state index in [-0.39, 0.29) is 0 Å². The van der Waals surface area contributed by atoms with Gasteiger partial charge in [0.25, 0.3) is 0 Å². The van der Waals surface area contributed by atoms with Gasteiger partial charge in [-0.25, -0.2) is 0 Å². The minimum absolute atomic E-state index is 0.360. The van der Waals surface area contributed by atoms with Crippen molar-refractivity contribution in [1.29, 1.82) is 0 Å². The Morgan fingerprint density at radius 1 is 0.611 bits per heavy atom. The molecule has 0 rings (SSSR count). The van der Waals surface area contributed by atoms with Crippen LogP contribution in [-0.4, -0.2) is 0 Å². The van der Waals surface area contributed by atoms with Crippen LogP contribution in [0.25, 0.3) is 0 Å². The van der Waals surface area contributed by atoms with Gasteiger partial charge < -0.3 is 0 Å². The van der Waals surface area contributed by atoms with Gasteiger partial charge in [0, 0.05) is 0 Å². The van der Waals surface area contributed by atoms with Gasteiger partial charge in [-0.2, -0.15) is 0 Å². The van der Waals surface area contributed by atoms with Gasteiger partial charge in [0.05, 0.1) is 0 Å². The first-order chi connectivity index (χ1) is 7.90. The topological polar surface area (TPSA) is 0 Å². The first-order valence-corrected chi connectivity index (χ1v) is 7.90. The Labute approximate surface area is 117 Å². The molecule has 0 heteroatoms. The van der Waals surface area contributed by atoms with Crippen LogP contribution in [0.5, 0.6) is 0 Å². The van der Waals surface area contributed by atoms with Crippen molar-refractivity contribution >= 4 is 0 Å². The van der Waals surface area contributed by atoms with E-state index in [2.05, 4.69) is 76.2 Å². The molecular formula is C18H38.